The van der Waals surface area contributed by atoms with Crippen LogP contribution in [0.2, 0.25) is 0 Å². The van der Waals surface area contributed by atoms with Crippen LogP contribution in [0.3, 0.4) is 0 Å². The van der Waals surface area contributed by atoms with Crippen LogP contribution in [-0.4, -0.2) is 72.3 Å². The molecule has 3 aliphatic rings. The third-order valence-corrected chi connectivity index (χ3v) is 6.18. The number of amides is 3. The Labute approximate surface area is 174 Å². The average molecular weight is 415 g/mol. The number of hydrogen-bond acceptors (Lipinski definition) is 4. The maximum atomic E-state index is 13.1. The summed E-state index contributed by atoms with van der Waals surface area (Å²) in [6.45, 7) is 5.54. The number of carbonyl (C=O) groups is 3. The first kappa shape index (κ1) is 22.9. The van der Waals surface area contributed by atoms with Gasteiger partial charge in [0.25, 0.3) is 0 Å². The fraction of sp³-hybridized carbons (Fsp3) is 0.850. The highest BCUT2D eigenvalue weighted by molar-refractivity contribution is 5.88. The lowest BCUT2D eigenvalue weighted by molar-refractivity contribution is -0.148. The van der Waals surface area contributed by atoms with Crippen LogP contribution in [0.1, 0.15) is 58.3 Å². The van der Waals surface area contributed by atoms with Crippen LogP contribution < -0.4 is 10.6 Å². The SMILES string of the molecule is CCC(=O)N1CCCCC1C(=O)N1CCCC(CNC(=O)C2CCCN2)C1.Cl. The van der Waals surface area contributed by atoms with Gasteiger partial charge in [0.2, 0.25) is 17.7 Å². The van der Waals surface area contributed by atoms with Crippen LogP contribution in [0, 0.1) is 5.92 Å². The number of nitrogens with zero attached hydrogens (tertiary/aromatic N) is 2. The van der Waals surface area contributed by atoms with E-state index in [9.17, 15) is 14.4 Å². The van der Waals surface area contributed by atoms with Crippen molar-refractivity contribution in [2.24, 2.45) is 5.92 Å². The van der Waals surface area contributed by atoms with Gasteiger partial charge in [-0.2, -0.15) is 0 Å². The molecule has 0 aliphatic carbocycles. The van der Waals surface area contributed by atoms with Crippen molar-refractivity contribution in [2.45, 2.75) is 70.4 Å². The van der Waals surface area contributed by atoms with E-state index in [-0.39, 0.29) is 42.2 Å². The molecule has 3 heterocycles. The van der Waals surface area contributed by atoms with Crippen LogP contribution in [-0.2, 0) is 14.4 Å². The Kier molecular flexibility index (Phi) is 9.02. The molecule has 2 N–H and O–H groups in total. The van der Waals surface area contributed by atoms with Gasteiger partial charge in [-0.25, -0.2) is 0 Å². The number of carbonyl (C=O) groups excluding carboxylic acids is 3. The van der Waals surface area contributed by atoms with Crippen LogP contribution in [0.25, 0.3) is 0 Å². The number of nitrogens with one attached hydrogen (secondary N) is 2. The van der Waals surface area contributed by atoms with Crippen LogP contribution in [0.15, 0.2) is 0 Å². The lowest BCUT2D eigenvalue weighted by Gasteiger charge is -2.40. The van der Waals surface area contributed by atoms with Gasteiger partial charge in [0.15, 0.2) is 0 Å². The van der Waals surface area contributed by atoms with Crippen molar-refractivity contribution in [2.75, 3.05) is 32.7 Å². The number of likely N-dealkylation sites (tertiary alicyclic amines) is 2. The van der Waals surface area contributed by atoms with Gasteiger partial charge in [0, 0.05) is 32.6 Å². The molecule has 0 saturated carbocycles. The molecule has 0 aromatic heterocycles. The zero-order chi connectivity index (χ0) is 19.2. The molecule has 3 saturated heterocycles. The van der Waals surface area contributed by atoms with E-state index in [0.717, 1.165) is 58.0 Å². The Morgan fingerprint density at radius 1 is 1.04 bits per heavy atom. The van der Waals surface area contributed by atoms with Gasteiger partial charge in [-0.05, 0) is 57.4 Å². The molecule has 0 aromatic carbocycles. The van der Waals surface area contributed by atoms with Gasteiger partial charge in [-0.15, -0.1) is 12.4 Å². The molecular formula is C20H35ClN4O3. The molecule has 8 heteroatoms. The largest absolute Gasteiger partial charge is 0.354 e. The molecule has 3 atom stereocenters. The van der Waals surface area contributed by atoms with Crippen LogP contribution in [0.4, 0.5) is 0 Å². The number of halogens is 1. The molecular weight excluding hydrogens is 380 g/mol. The summed E-state index contributed by atoms with van der Waals surface area (Å²) in [5.74, 6) is 0.567. The summed E-state index contributed by atoms with van der Waals surface area (Å²) >= 11 is 0. The van der Waals surface area contributed by atoms with Crippen molar-refractivity contribution >= 4 is 30.1 Å². The van der Waals surface area contributed by atoms with Gasteiger partial charge < -0.3 is 20.4 Å². The maximum Gasteiger partial charge on any atom is 0.245 e. The molecule has 7 nitrogen and oxygen atoms in total. The summed E-state index contributed by atoms with van der Waals surface area (Å²) in [4.78, 5) is 41.3. The summed E-state index contributed by atoms with van der Waals surface area (Å²) < 4.78 is 0. The Hall–Kier alpha value is -1.34. The zero-order valence-electron chi connectivity index (χ0n) is 17.0. The molecule has 3 amide bonds. The van der Waals surface area contributed by atoms with E-state index in [2.05, 4.69) is 10.6 Å². The van der Waals surface area contributed by atoms with E-state index in [1.54, 1.807) is 4.90 Å². The molecule has 3 aliphatic heterocycles. The fourth-order valence-corrected chi connectivity index (χ4v) is 4.61. The molecule has 0 spiro atoms. The van der Waals surface area contributed by atoms with E-state index in [1.165, 1.54) is 0 Å². The first-order chi connectivity index (χ1) is 13.1. The smallest absolute Gasteiger partial charge is 0.245 e. The van der Waals surface area contributed by atoms with Gasteiger partial charge >= 0.3 is 0 Å². The third kappa shape index (κ3) is 5.60. The van der Waals surface area contributed by atoms with Gasteiger partial charge in [0.1, 0.15) is 6.04 Å². The Balaban J connectivity index is 0.00000280. The highest BCUT2D eigenvalue weighted by Gasteiger charge is 2.36. The van der Waals surface area contributed by atoms with Gasteiger partial charge in [0.05, 0.1) is 6.04 Å². The van der Waals surface area contributed by atoms with Crippen molar-refractivity contribution in [3.63, 3.8) is 0 Å². The predicted octanol–water partition coefficient (Wildman–Crippen LogP) is 1.31. The quantitative estimate of drug-likeness (QED) is 0.710. The second kappa shape index (κ2) is 11.0. The van der Waals surface area contributed by atoms with E-state index in [1.807, 2.05) is 11.8 Å². The molecule has 0 bridgehead atoms. The monoisotopic (exact) mass is 414 g/mol. The second-order valence-corrected chi connectivity index (χ2v) is 8.14. The highest BCUT2D eigenvalue weighted by Crippen LogP contribution is 2.23. The van der Waals surface area contributed by atoms with Crippen molar-refractivity contribution in [3.05, 3.63) is 0 Å². The van der Waals surface area contributed by atoms with Gasteiger partial charge in [-0.1, -0.05) is 6.92 Å². The standard InChI is InChI=1S/C20H34N4O3.ClH/c1-2-18(25)24-12-4-3-9-17(24)20(27)23-11-6-7-15(14-23)13-22-19(26)16-8-5-10-21-16;/h15-17,21H,2-14H2,1H3,(H,22,26);1H. The highest BCUT2D eigenvalue weighted by atomic mass is 35.5. The molecule has 3 unspecified atom stereocenters. The van der Waals surface area contributed by atoms with Crippen molar-refractivity contribution in [1.29, 1.82) is 0 Å². The Morgan fingerprint density at radius 2 is 1.86 bits per heavy atom. The second-order valence-electron chi connectivity index (χ2n) is 8.14. The summed E-state index contributed by atoms with van der Waals surface area (Å²) in [6.07, 6.45) is 7.17. The van der Waals surface area contributed by atoms with Crippen LogP contribution >= 0.6 is 12.4 Å². The molecule has 28 heavy (non-hydrogen) atoms. The molecule has 3 rings (SSSR count). The fourth-order valence-electron chi connectivity index (χ4n) is 4.61. The third-order valence-electron chi connectivity index (χ3n) is 6.18. The lowest BCUT2D eigenvalue weighted by Crippen LogP contribution is -2.55. The van der Waals surface area contributed by atoms with Crippen molar-refractivity contribution < 1.29 is 14.4 Å². The summed E-state index contributed by atoms with van der Waals surface area (Å²) in [6, 6.07) is -0.343. The van der Waals surface area contributed by atoms with E-state index >= 15 is 0 Å². The number of hydrogen-bond donors (Lipinski definition) is 2. The summed E-state index contributed by atoms with van der Waals surface area (Å²) in [7, 11) is 0. The van der Waals surface area contributed by atoms with E-state index < -0.39 is 0 Å². The average Bonchev–Trinajstić information content (AvgIpc) is 3.26. The Bertz CT molecular complexity index is 554. The van der Waals surface area contributed by atoms with Crippen LogP contribution in [0.5, 0.6) is 0 Å². The minimum absolute atomic E-state index is 0. The summed E-state index contributed by atoms with van der Waals surface area (Å²) in [5, 5.41) is 6.29. The van der Waals surface area contributed by atoms with Crippen molar-refractivity contribution in [3.8, 4) is 0 Å². The maximum absolute atomic E-state index is 13.1. The van der Waals surface area contributed by atoms with E-state index in [0.29, 0.717) is 32.0 Å². The number of piperidine rings is 2. The topological polar surface area (TPSA) is 81.8 Å². The normalized spacial score (nSPS) is 27.8. The molecule has 3 fully saturated rings. The lowest BCUT2D eigenvalue weighted by atomic mass is 9.95. The predicted molar refractivity (Wildman–Crippen MR) is 110 cm³/mol. The molecule has 0 aromatic rings. The minimum Gasteiger partial charge on any atom is -0.354 e. The Morgan fingerprint density at radius 3 is 2.57 bits per heavy atom. The zero-order valence-corrected chi connectivity index (χ0v) is 17.8. The van der Waals surface area contributed by atoms with Gasteiger partial charge in [-0.3, -0.25) is 14.4 Å². The first-order valence-corrected chi connectivity index (χ1v) is 10.7. The first-order valence-electron chi connectivity index (χ1n) is 10.7. The molecule has 160 valence electrons. The number of rotatable bonds is 5. The minimum atomic E-state index is -0.290. The summed E-state index contributed by atoms with van der Waals surface area (Å²) in [5.41, 5.74) is 0. The van der Waals surface area contributed by atoms with E-state index in [4.69, 9.17) is 0 Å². The molecule has 0 radical (unpaired) electrons. The van der Waals surface area contributed by atoms with Crippen molar-refractivity contribution in [1.82, 2.24) is 20.4 Å².